The third-order valence-electron chi connectivity index (χ3n) is 2.18. The van der Waals surface area contributed by atoms with Crippen molar-refractivity contribution in [2.24, 2.45) is 5.41 Å². The number of aliphatic carboxylic acids is 1. The lowest BCUT2D eigenvalue weighted by atomic mass is 9.92. The molecule has 90 valence electrons. The van der Waals surface area contributed by atoms with Gasteiger partial charge in [0.2, 0.25) is 0 Å². The maximum atomic E-state index is 10.3. The van der Waals surface area contributed by atoms with Crippen molar-refractivity contribution in [1.82, 2.24) is 4.90 Å². The van der Waals surface area contributed by atoms with E-state index in [4.69, 9.17) is 5.11 Å². The van der Waals surface area contributed by atoms with Gasteiger partial charge in [0.05, 0.1) is 12.5 Å². The third kappa shape index (κ3) is 9.69. The summed E-state index contributed by atoms with van der Waals surface area (Å²) in [5, 5.41) is 17.9. The Bertz CT molecular complexity index is 198. The fourth-order valence-corrected chi connectivity index (χ4v) is 1.24. The molecular formula is C11H23NO3. The predicted molar refractivity (Wildman–Crippen MR) is 59.8 cm³/mol. The Morgan fingerprint density at radius 2 is 1.93 bits per heavy atom. The van der Waals surface area contributed by atoms with Gasteiger partial charge < -0.3 is 15.1 Å². The van der Waals surface area contributed by atoms with Crippen molar-refractivity contribution >= 4 is 5.97 Å². The average Bonchev–Trinajstić information content (AvgIpc) is 1.97. The Morgan fingerprint density at radius 3 is 2.33 bits per heavy atom. The van der Waals surface area contributed by atoms with E-state index in [-0.39, 0.29) is 11.8 Å². The van der Waals surface area contributed by atoms with E-state index in [1.54, 1.807) is 0 Å². The Balaban J connectivity index is 3.73. The monoisotopic (exact) mass is 217 g/mol. The molecule has 0 aliphatic rings. The lowest BCUT2D eigenvalue weighted by Gasteiger charge is -2.24. The maximum absolute atomic E-state index is 10.3. The van der Waals surface area contributed by atoms with Crippen LogP contribution in [0.2, 0.25) is 0 Å². The van der Waals surface area contributed by atoms with Gasteiger partial charge in [0.15, 0.2) is 0 Å². The second-order valence-electron chi connectivity index (χ2n) is 5.32. The van der Waals surface area contributed by atoms with Crippen LogP contribution in [-0.2, 0) is 4.79 Å². The number of rotatable bonds is 6. The van der Waals surface area contributed by atoms with Gasteiger partial charge in [-0.25, -0.2) is 0 Å². The van der Waals surface area contributed by atoms with Crippen LogP contribution in [-0.4, -0.2) is 47.3 Å². The minimum absolute atomic E-state index is 0.181. The molecule has 0 spiro atoms. The van der Waals surface area contributed by atoms with E-state index in [1.165, 1.54) is 0 Å². The van der Waals surface area contributed by atoms with E-state index >= 15 is 0 Å². The zero-order valence-electron chi connectivity index (χ0n) is 10.2. The number of carbonyl (C=O) groups is 1. The smallest absolute Gasteiger partial charge is 0.306 e. The van der Waals surface area contributed by atoms with Crippen LogP contribution in [0.4, 0.5) is 0 Å². The molecule has 0 radical (unpaired) electrons. The molecule has 1 unspecified atom stereocenters. The van der Waals surface area contributed by atoms with Gasteiger partial charge in [-0.1, -0.05) is 20.8 Å². The molecular weight excluding hydrogens is 194 g/mol. The first-order chi connectivity index (χ1) is 6.70. The van der Waals surface area contributed by atoms with Crippen molar-refractivity contribution in [3.05, 3.63) is 0 Å². The van der Waals surface area contributed by atoms with E-state index in [0.29, 0.717) is 6.54 Å². The molecule has 0 fully saturated rings. The normalized spacial score (nSPS) is 14.3. The van der Waals surface area contributed by atoms with Crippen LogP contribution in [0.1, 0.15) is 33.6 Å². The van der Waals surface area contributed by atoms with Crippen LogP contribution in [0.25, 0.3) is 0 Å². The van der Waals surface area contributed by atoms with E-state index in [9.17, 15) is 9.90 Å². The third-order valence-corrected chi connectivity index (χ3v) is 2.18. The van der Waals surface area contributed by atoms with Gasteiger partial charge in [0.25, 0.3) is 0 Å². The summed E-state index contributed by atoms with van der Waals surface area (Å²) < 4.78 is 0. The molecule has 0 amide bonds. The lowest BCUT2D eigenvalue weighted by Crippen LogP contribution is -2.32. The standard InChI is InChI=1S/C11H23NO3/c1-11(2,3)5-6-12(4)8-9(13)7-10(14)15/h9,13H,5-8H2,1-4H3,(H,14,15). The Kier molecular flexibility index (Phi) is 5.83. The summed E-state index contributed by atoms with van der Waals surface area (Å²) in [5.41, 5.74) is 0.270. The molecule has 0 aromatic carbocycles. The lowest BCUT2D eigenvalue weighted by molar-refractivity contribution is -0.139. The van der Waals surface area contributed by atoms with Crippen LogP contribution < -0.4 is 0 Å². The molecule has 0 aromatic heterocycles. The van der Waals surface area contributed by atoms with Gasteiger partial charge >= 0.3 is 5.97 Å². The summed E-state index contributed by atoms with van der Waals surface area (Å²) in [6, 6.07) is 0. The molecule has 0 aliphatic carbocycles. The van der Waals surface area contributed by atoms with Gasteiger partial charge in [-0.3, -0.25) is 4.79 Å². The van der Waals surface area contributed by atoms with Crippen molar-refractivity contribution in [3.8, 4) is 0 Å². The summed E-state index contributed by atoms with van der Waals surface area (Å²) in [6.45, 7) is 7.78. The highest BCUT2D eigenvalue weighted by molar-refractivity contribution is 5.67. The number of nitrogens with zero attached hydrogens (tertiary/aromatic N) is 1. The topological polar surface area (TPSA) is 60.8 Å². The van der Waals surface area contributed by atoms with Crippen LogP contribution in [0.5, 0.6) is 0 Å². The van der Waals surface area contributed by atoms with Crippen molar-refractivity contribution in [3.63, 3.8) is 0 Å². The van der Waals surface area contributed by atoms with Crippen LogP contribution >= 0.6 is 0 Å². The van der Waals surface area contributed by atoms with Crippen LogP contribution in [0.3, 0.4) is 0 Å². The number of likely N-dealkylation sites (N-methyl/N-ethyl adjacent to an activating group) is 1. The largest absolute Gasteiger partial charge is 0.481 e. The Morgan fingerprint density at radius 1 is 1.40 bits per heavy atom. The highest BCUT2D eigenvalue weighted by Crippen LogP contribution is 2.18. The van der Waals surface area contributed by atoms with E-state index < -0.39 is 12.1 Å². The van der Waals surface area contributed by atoms with E-state index in [2.05, 4.69) is 20.8 Å². The van der Waals surface area contributed by atoms with Crippen molar-refractivity contribution in [1.29, 1.82) is 0 Å². The summed E-state index contributed by atoms with van der Waals surface area (Å²) in [6.07, 6.45) is 0.0795. The van der Waals surface area contributed by atoms with Gasteiger partial charge in [-0.05, 0) is 25.4 Å². The quantitative estimate of drug-likeness (QED) is 0.701. The molecule has 0 saturated heterocycles. The van der Waals surface area contributed by atoms with Crippen molar-refractivity contribution in [2.75, 3.05) is 20.1 Å². The highest BCUT2D eigenvalue weighted by atomic mass is 16.4. The molecule has 4 heteroatoms. The molecule has 1 atom stereocenters. The summed E-state index contributed by atoms with van der Waals surface area (Å²) in [5.74, 6) is -0.952. The molecule has 0 rings (SSSR count). The zero-order valence-corrected chi connectivity index (χ0v) is 10.2. The van der Waals surface area contributed by atoms with Crippen LogP contribution in [0, 0.1) is 5.41 Å². The number of hydrogen-bond donors (Lipinski definition) is 2. The number of hydrogen-bond acceptors (Lipinski definition) is 3. The first-order valence-electron chi connectivity index (χ1n) is 5.29. The van der Waals surface area contributed by atoms with E-state index in [0.717, 1.165) is 13.0 Å². The number of aliphatic hydroxyl groups excluding tert-OH is 1. The second-order valence-corrected chi connectivity index (χ2v) is 5.32. The number of carboxylic acid groups (broad SMARTS) is 1. The van der Waals surface area contributed by atoms with Gasteiger partial charge in [-0.2, -0.15) is 0 Å². The minimum atomic E-state index is -0.952. The van der Waals surface area contributed by atoms with Gasteiger partial charge in [-0.15, -0.1) is 0 Å². The number of carboxylic acids is 1. The molecule has 0 aliphatic heterocycles. The first kappa shape index (κ1) is 14.4. The molecule has 4 nitrogen and oxygen atoms in total. The highest BCUT2D eigenvalue weighted by Gasteiger charge is 2.15. The Hall–Kier alpha value is -0.610. The van der Waals surface area contributed by atoms with E-state index in [1.807, 2.05) is 11.9 Å². The SMILES string of the molecule is CN(CCC(C)(C)C)CC(O)CC(=O)O. The molecule has 15 heavy (non-hydrogen) atoms. The number of aliphatic hydroxyl groups is 1. The fourth-order valence-electron chi connectivity index (χ4n) is 1.24. The molecule has 0 saturated carbocycles. The summed E-state index contributed by atoms with van der Waals surface area (Å²) in [7, 11) is 1.90. The van der Waals surface area contributed by atoms with Gasteiger partial charge in [0, 0.05) is 6.54 Å². The van der Waals surface area contributed by atoms with Crippen molar-refractivity contribution in [2.45, 2.75) is 39.7 Å². The molecule has 0 bridgehead atoms. The van der Waals surface area contributed by atoms with Crippen molar-refractivity contribution < 1.29 is 15.0 Å². The molecule has 2 N–H and O–H groups in total. The van der Waals surface area contributed by atoms with Gasteiger partial charge in [0.1, 0.15) is 0 Å². The van der Waals surface area contributed by atoms with Crippen LogP contribution in [0.15, 0.2) is 0 Å². The second kappa shape index (κ2) is 6.08. The summed E-state index contributed by atoms with van der Waals surface area (Å²) >= 11 is 0. The zero-order chi connectivity index (χ0) is 12.1. The molecule has 0 aromatic rings. The predicted octanol–water partition coefficient (Wildman–Crippen LogP) is 1.19. The fraction of sp³-hybridized carbons (Fsp3) is 0.909. The summed E-state index contributed by atoms with van der Waals surface area (Å²) in [4.78, 5) is 12.3. The Labute approximate surface area is 91.9 Å². The maximum Gasteiger partial charge on any atom is 0.306 e. The average molecular weight is 217 g/mol. The first-order valence-corrected chi connectivity index (χ1v) is 5.29. The minimum Gasteiger partial charge on any atom is -0.481 e. The molecule has 0 heterocycles.